The normalized spacial score (nSPS) is 20.8. The van der Waals surface area contributed by atoms with Crippen molar-refractivity contribution in [2.75, 3.05) is 38.8 Å². The maximum absolute atomic E-state index is 12.7. The molecular formula is C17H25ClN2O4. The zero-order valence-electron chi connectivity index (χ0n) is 14.1. The van der Waals surface area contributed by atoms with E-state index in [9.17, 15) is 9.90 Å². The number of amides is 2. The van der Waals surface area contributed by atoms with Crippen LogP contribution < -0.4 is 10.1 Å². The molecule has 0 saturated carbocycles. The Morgan fingerprint density at radius 3 is 2.96 bits per heavy atom. The predicted octanol–water partition coefficient (Wildman–Crippen LogP) is 2.99. The molecule has 0 aromatic heterocycles. The number of piperidine rings is 1. The average Bonchev–Trinajstić information content (AvgIpc) is 2.57. The fourth-order valence-corrected chi connectivity index (χ4v) is 3.18. The smallest absolute Gasteiger partial charge is 0.322 e. The van der Waals surface area contributed by atoms with Crippen molar-refractivity contribution in [2.45, 2.75) is 25.8 Å². The van der Waals surface area contributed by atoms with Crippen LogP contribution in [0.15, 0.2) is 18.2 Å². The Kier molecular flexibility index (Phi) is 7.15. The standard InChI is InChI=1S/C17H25ClN2O4/c1-12-5-4-8-20(15(12)11-21)17(22)19-14-7-3-6-13(18)16(14)24-10-9-23-2/h3,6-7,12,15,21H,4-5,8-11H2,1-2H3,(H,19,22)/t12-,15-/m0/s1. The number of rotatable bonds is 6. The third-order valence-electron chi connectivity index (χ3n) is 4.31. The van der Waals surface area contributed by atoms with Gasteiger partial charge in [0.15, 0.2) is 5.75 Å². The second kappa shape index (κ2) is 9.11. The Morgan fingerprint density at radius 1 is 1.46 bits per heavy atom. The summed E-state index contributed by atoms with van der Waals surface area (Å²) in [5.74, 6) is 0.696. The van der Waals surface area contributed by atoms with Crippen molar-refractivity contribution in [1.82, 2.24) is 4.90 Å². The van der Waals surface area contributed by atoms with E-state index in [-0.39, 0.29) is 24.6 Å². The van der Waals surface area contributed by atoms with Crippen LogP contribution in [-0.4, -0.2) is 55.6 Å². The number of hydrogen-bond acceptors (Lipinski definition) is 4. The van der Waals surface area contributed by atoms with Crippen LogP contribution in [-0.2, 0) is 4.74 Å². The van der Waals surface area contributed by atoms with Crippen molar-refractivity contribution in [2.24, 2.45) is 5.92 Å². The van der Waals surface area contributed by atoms with Crippen LogP contribution in [0.4, 0.5) is 10.5 Å². The Hall–Kier alpha value is -1.50. The monoisotopic (exact) mass is 356 g/mol. The van der Waals surface area contributed by atoms with E-state index < -0.39 is 0 Å². The number of methoxy groups -OCH3 is 1. The molecular weight excluding hydrogens is 332 g/mol. The molecule has 0 unspecified atom stereocenters. The molecule has 0 radical (unpaired) electrons. The Labute approximate surface area is 147 Å². The lowest BCUT2D eigenvalue weighted by Crippen LogP contribution is -2.51. The summed E-state index contributed by atoms with van der Waals surface area (Å²) in [5, 5.41) is 12.9. The van der Waals surface area contributed by atoms with E-state index in [0.29, 0.717) is 36.2 Å². The number of nitrogens with zero attached hydrogens (tertiary/aromatic N) is 1. The topological polar surface area (TPSA) is 71.0 Å². The highest BCUT2D eigenvalue weighted by Gasteiger charge is 2.31. The zero-order chi connectivity index (χ0) is 17.5. The first kappa shape index (κ1) is 18.8. The van der Waals surface area contributed by atoms with E-state index >= 15 is 0 Å². The van der Waals surface area contributed by atoms with E-state index in [2.05, 4.69) is 12.2 Å². The molecule has 1 saturated heterocycles. The Balaban J connectivity index is 2.11. The van der Waals surface area contributed by atoms with E-state index in [1.807, 2.05) is 0 Å². The molecule has 1 aliphatic heterocycles. The molecule has 1 aromatic carbocycles. The van der Waals surface area contributed by atoms with Crippen LogP contribution in [0.1, 0.15) is 19.8 Å². The molecule has 2 amide bonds. The SMILES string of the molecule is COCCOc1c(Cl)cccc1NC(=O)N1CCC[C@H](C)[C@@H]1CO. The summed E-state index contributed by atoms with van der Waals surface area (Å²) in [7, 11) is 1.59. The summed E-state index contributed by atoms with van der Waals surface area (Å²) in [6, 6.07) is 4.78. The van der Waals surface area contributed by atoms with Gasteiger partial charge in [-0.05, 0) is 30.9 Å². The molecule has 7 heteroatoms. The first-order valence-corrected chi connectivity index (χ1v) is 8.55. The molecule has 1 aromatic rings. The van der Waals surface area contributed by atoms with Crippen molar-refractivity contribution in [3.05, 3.63) is 23.2 Å². The number of carbonyl (C=O) groups excluding carboxylic acids is 1. The van der Waals surface area contributed by atoms with Gasteiger partial charge in [0.1, 0.15) is 6.61 Å². The number of likely N-dealkylation sites (tertiary alicyclic amines) is 1. The van der Waals surface area contributed by atoms with Crippen molar-refractivity contribution >= 4 is 23.3 Å². The van der Waals surface area contributed by atoms with Gasteiger partial charge in [-0.15, -0.1) is 0 Å². The van der Waals surface area contributed by atoms with E-state index in [4.69, 9.17) is 21.1 Å². The minimum absolute atomic E-state index is 0.0403. The molecule has 0 aliphatic carbocycles. The number of nitrogens with one attached hydrogen (secondary N) is 1. The van der Waals surface area contributed by atoms with Crippen LogP contribution in [0.3, 0.4) is 0 Å². The van der Waals surface area contributed by atoms with Gasteiger partial charge in [0.2, 0.25) is 0 Å². The number of para-hydroxylation sites is 1. The molecule has 134 valence electrons. The molecule has 2 N–H and O–H groups in total. The highest BCUT2D eigenvalue weighted by atomic mass is 35.5. The molecule has 2 atom stereocenters. The summed E-state index contributed by atoms with van der Waals surface area (Å²) in [6.07, 6.45) is 1.94. The fraction of sp³-hybridized carbons (Fsp3) is 0.588. The molecule has 2 rings (SSSR count). The average molecular weight is 357 g/mol. The van der Waals surface area contributed by atoms with E-state index in [1.54, 1.807) is 30.2 Å². The molecule has 24 heavy (non-hydrogen) atoms. The van der Waals surface area contributed by atoms with Gasteiger partial charge >= 0.3 is 6.03 Å². The number of urea groups is 1. The third kappa shape index (κ3) is 4.53. The van der Waals surface area contributed by atoms with Crippen molar-refractivity contribution < 1.29 is 19.4 Å². The number of aliphatic hydroxyl groups is 1. The lowest BCUT2D eigenvalue weighted by Gasteiger charge is -2.39. The van der Waals surface area contributed by atoms with Crippen LogP contribution in [0, 0.1) is 5.92 Å². The van der Waals surface area contributed by atoms with Gasteiger partial charge in [0.05, 0.1) is 30.0 Å². The third-order valence-corrected chi connectivity index (χ3v) is 4.60. The maximum atomic E-state index is 12.7. The van der Waals surface area contributed by atoms with Crippen molar-refractivity contribution in [3.8, 4) is 5.75 Å². The number of ether oxygens (including phenoxy) is 2. The molecule has 0 spiro atoms. The van der Waals surface area contributed by atoms with Gasteiger partial charge in [0.25, 0.3) is 0 Å². The van der Waals surface area contributed by atoms with Crippen LogP contribution in [0.2, 0.25) is 5.02 Å². The number of hydrogen-bond donors (Lipinski definition) is 2. The quantitative estimate of drug-likeness (QED) is 0.769. The summed E-state index contributed by atoms with van der Waals surface area (Å²) < 4.78 is 10.6. The second-order valence-electron chi connectivity index (χ2n) is 5.95. The zero-order valence-corrected chi connectivity index (χ0v) is 14.9. The molecule has 1 aliphatic rings. The lowest BCUT2D eigenvalue weighted by atomic mass is 9.91. The minimum Gasteiger partial charge on any atom is -0.487 e. The van der Waals surface area contributed by atoms with Crippen molar-refractivity contribution in [3.63, 3.8) is 0 Å². The van der Waals surface area contributed by atoms with Gasteiger partial charge < -0.3 is 24.8 Å². The van der Waals surface area contributed by atoms with Crippen LogP contribution >= 0.6 is 11.6 Å². The van der Waals surface area contributed by atoms with E-state index in [0.717, 1.165) is 12.8 Å². The summed E-state index contributed by atoms with van der Waals surface area (Å²) in [5.41, 5.74) is 0.513. The largest absolute Gasteiger partial charge is 0.487 e. The molecule has 6 nitrogen and oxygen atoms in total. The Bertz CT molecular complexity index is 555. The molecule has 0 bridgehead atoms. The minimum atomic E-state index is -0.251. The van der Waals surface area contributed by atoms with Crippen LogP contribution in [0.5, 0.6) is 5.75 Å². The summed E-state index contributed by atoms with van der Waals surface area (Å²) in [6.45, 7) is 3.40. The first-order valence-electron chi connectivity index (χ1n) is 8.17. The number of halogens is 1. The number of anilines is 1. The molecule has 1 heterocycles. The summed E-state index contributed by atoms with van der Waals surface area (Å²) >= 11 is 6.19. The van der Waals surface area contributed by atoms with Gasteiger partial charge in [-0.1, -0.05) is 24.6 Å². The highest BCUT2D eigenvalue weighted by molar-refractivity contribution is 6.32. The first-order chi connectivity index (χ1) is 11.6. The van der Waals surface area contributed by atoms with Gasteiger partial charge in [-0.3, -0.25) is 0 Å². The van der Waals surface area contributed by atoms with Gasteiger partial charge in [-0.25, -0.2) is 4.79 Å². The number of benzene rings is 1. The fourth-order valence-electron chi connectivity index (χ4n) is 2.95. The highest BCUT2D eigenvalue weighted by Crippen LogP contribution is 2.33. The number of carbonyl (C=O) groups is 1. The van der Waals surface area contributed by atoms with Gasteiger partial charge in [0, 0.05) is 13.7 Å². The van der Waals surface area contributed by atoms with E-state index in [1.165, 1.54) is 0 Å². The Morgan fingerprint density at radius 2 is 2.25 bits per heavy atom. The molecule has 1 fully saturated rings. The van der Waals surface area contributed by atoms with Crippen LogP contribution in [0.25, 0.3) is 0 Å². The number of aliphatic hydroxyl groups excluding tert-OH is 1. The maximum Gasteiger partial charge on any atom is 0.322 e. The predicted molar refractivity (Wildman–Crippen MR) is 93.8 cm³/mol. The lowest BCUT2D eigenvalue weighted by molar-refractivity contribution is 0.0811. The van der Waals surface area contributed by atoms with Crippen molar-refractivity contribution in [1.29, 1.82) is 0 Å². The second-order valence-corrected chi connectivity index (χ2v) is 6.36. The summed E-state index contributed by atoms with van der Waals surface area (Å²) in [4.78, 5) is 14.3. The van der Waals surface area contributed by atoms with Gasteiger partial charge in [-0.2, -0.15) is 0 Å².